The lowest BCUT2D eigenvalue weighted by Gasteiger charge is -2.39. The number of benzene rings is 1. The van der Waals surface area contributed by atoms with Gasteiger partial charge in [-0.15, -0.1) is 0 Å². The first-order valence-corrected chi connectivity index (χ1v) is 5.15. The number of carbonyl (C=O) groups excluding carboxylic acids is 1. The van der Waals surface area contributed by atoms with Crippen molar-refractivity contribution >= 4 is 6.03 Å². The number of rotatable bonds is 2. The topological polar surface area (TPSA) is 43.8 Å². The zero-order valence-electron chi connectivity index (χ0n) is 9.01. The molecule has 4 nitrogen and oxygen atoms in total. The van der Waals surface area contributed by atoms with Gasteiger partial charge < -0.3 is 4.90 Å². The van der Waals surface area contributed by atoms with Crippen molar-refractivity contribution in [2.24, 2.45) is 0 Å². The van der Waals surface area contributed by atoms with E-state index in [-0.39, 0.29) is 6.54 Å². The van der Waals surface area contributed by atoms with E-state index in [1.165, 1.54) is 0 Å². The Bertz CT molecular complexity index is 403. The van der Waals surface area contributed by atoms with Gasteiger partial charge in [-0.2, -0.15) is 0 Å². The number of hydrogen-bond donors (Lipinski definition) is 1. The largest absolute Gasteiger partial charge is 0.344 e. The predicted octanol–water partition coefficient (Wildman–Crippen LogP) is 1.95. The van der Waals surface area contributed by atoms with Crippen LogP contribution < -0.4 is 0 Å². The Morgan fingerprint density at radius 3 is 2.47 bits per heavy atom. The minimum atomic E-state index is -2.82. The van der Waals surface area contributed by atoms with Crippen molar-refractivity contribution in [2.45, 2.75) is 12.5 Å². The number of hydrogen-bond acceptors (Lipinski definition) is 2. The molecular formula is C11H12F2N2O2. The third-order valence-corrected chi connectivity index (χ3v) is 2.51. The highest BCUT2D eigenvalue weighted by Gasteiger charge is 2.47. The van der Waals surface area contributed by atoms with Gasteiger partial charge in [0.15, 0.2) is 0 Å². The summed E-state index contributed by atoms with van der Waals surface area (Å²) in [7, 11) is 0. The maximum atomic E-state index is 12.5. The van der Waals surface area contributed by atoms with Crippen LogP contribution in [0.3, 0.4) is 0 Å². The van der Waals surface area contributed by atoms with Gasteiger partial charge in [-0.25, -0.2) is 18.6 Å². The van der Waals surface area contributed by atoms with Crippen LogP contribution in [0.2, 0.25) is 0 Å². The Balaban J connectivity index is 1.89. The highest BCUT2D eigenvalue weighted by atomic mass is 19.3. The lowest BCUT2D eigenvalue weighted by atomic mass is 10.1. The molecule has 1 aliphatic heterocycles. The standard InChI is InChI=1S/C11H12F2N2O2/c12-11(13)7-14(8-11)10(16)15(17)6-9-4-2-1-3-5-9/h1-5,17H,6-8H2. The molecule has 0 unspecified atom stereocenters. The zero-order valence-corrected chi connectivity index (χ0v) is 9.01. The summed E-state index contributed by atoms with van der Waals surface area (Å²) in [5, 5.41) is 9.92. The fourth-order valence-electron chi connectivity index (χ4n) is 1.63. The molecular weight excluding hydrogens is 230 g/mol. The molecule has 1 aromatic rings. The number of likely N-dealkylation sites (tertiary alicyclic amines) is 1. The van der Waals surface area contributed by atoms with Crippen LogP contribution in [0.4, 0.5) is 13.6 Å². The van der Waals surface area contributed by atoms with Crippen molar-refractivity contribution in [2.75, 3.05) is 13.1 Å². The van der Waals surface area contributed by atoms with Gasteiger partial charge in [0.1, 0.15) is 0 Å². The third-order valence-electron chi connectivity index (χ3n) is 2.51. The maximum absolute atomic E-state index is 12.5. The van der Waals surface area contributed by atoms with Gasteiger partial charge in [0.25, 0.3) is 5.92 Å². The molecule has 0 spiro atoms. The summed E-state index contributed by atoms with van der Waals surface area (Å²) >= 11 is 0. The first-order chi connectivity index (χ1) is 7.98. The average Bonchev–Trinajstić information content (AvgIpc) is 2.26. The van der Waals surface area contributed by atoms with Crippen LogP contribution in [0.5, 0.6) is 0 Å². The van der Waals surface area contributed by atoms with Crippen molar-refractivity contribution in [3.63, 3.8) is 0 Å². The summed E-state index contributed by atoms with van der Waals surface area (Å²) in [4.78, 5) is 12.4. The Hall–Kier alpha value is -1.69. The van der Waals surface area contributed by atoms with Gasteiger partial charge in [-0.1, -0.05) is 30.3 Å². The molecule has 2 rings (SSSR count). The van der Waals surface area contributed by atoms with Gasteiger partial charge in [0, 0.05) is 0 Å². The lowest BCUT2D eigenvalue weighted by molar-refractivity contribution is -0.137. The van der Waals surface area contributed by atoms with Gasteiger partial charge in [-0.3, -0.25) is 5.21 Å². The number of alkyl halides is 2. The fraction of sp³-hybridized carbons (Fsp3) is 0.364. The summed E-state index contributed by atoms with van der Waals surface area (Å²) in [6, 6.07) is 8.03. The van der Waals surface area contributed by atoms with Crippen LogP contribution in [0.25, 0.3) is 0 Å². The van der Waals surface area contributed by atoms with Crippen molar-refractivity contribution in [1.29, 1.82) is 0 Å². The van der Waals surface area contributed by atoms with Gasteiger partial charge in [0.05, 0.1) is 19.6 Å². The van der Waals surface area contributed by atoms with Crippen molar-refractivity contribution in [3.05, 3.63) is 35.9 Å². The summed E-state index contributed by atoms with van der Waals surface area (Å²) in [6.07, 6.45) is 0. The first kappa shape index (κ1) is 11.8. The number of halogens is 2. The molecule has 1 aliphatic rings. The summed E-state index contributed by atoms with van der Waals surface area (Å²) in [5.41, 5.74) is 0.732. The molecule has 0 saturated carbocycles. The van der Waals surface area contributed by atoms with Gasteiger partial charge >= 0.3 is 6.03 Å². The molecule has 1 heterocycles. The third kappa shape index (κ3) is 2.71. The van der Waals surface area contributed by atoms with Crippen LogP contribution in [-0.2, 0) is 6.54 Å². The minimum absolute atomic E-state index is 0.0122. The van der Waals surface area contributed by atoms with Crippen molar-refractivity contribution in [3.8, 4) is 0 Å². The van der Waals surface area contributed by atoms with Gasteiger partial charge in [0.2, 0.25) is 0 Å². The van der Waals surface area contributed by atoms with E-state index in [0.29, 0.717) is 5.06 Å². The fourth-order valence-corrected chi connectivity index (χ4v) is 1.63. The van der Waals surface area contributed by atoms with Crippen LogP contribution in [0.15, 0.2) is 30.3 Å². The molecule has 0 aliphatic carbocycles. The van der Waals surface area contributed by atoms with Crippen LogP contribution in [0, 0.1) is 0 Å². The summed E-state index contributed by atoms with van der Waals surface area (Å²) in [5.74, 6) is -2.82. The van der Waals surface area contributed by atoms with Crippen LogP contribution >= 0.6 is 0 Å². The number of hydroxylamine groups is 2. The van der Waals surface area contributed by atoms with E-state index in [0.717, 1.165) is 10.5 Å². The molecule has 2 amide bonds. The molecule has 6 heteroatoms. The molecule has 92 valence electrons. The van der Waals surface area contributed by atoms with E-state index in [4.69, 9.17) is 0 Å². The van der Waals surface area contributed by atoms with Crippen LogP contribution in [-0.4, -0.2) is 40.2 Å². The number of carbonyl (C=O) groups is 1. The Morgan fingerprint density at radius 2 is 1.94 bits per heavy atom. The van der Waals surface area contributed by atoms with E-state index in [1.807, 2.05) is 6.07 Å². The minimum Gasteiger partial charge on any atom is -0.311 e. The highest BCUT2D eigenvalue weighted by Crippen LogP contribution is 2.27. The first-order valence-electron chi connectivity index (χ1n) is 5.15. The van der Waals surface area contributed by atoms with Crippen molar-refractivity contribution in [1.82, 2.24) is 9.96 Å². The Morgan fingerprint density at radius 1 is 1.35 bits per heavy atom. The second-order valence-electron chi connectivity index (χ2n) is 4.04. The van der Waals surface area contributed by atoms with E-state index < -0.39 is 25.0 Å². The second kappa shape index (κ2) is 4.29. The SMILES string of the molecule is O=C(N(O)Cc1ccccc1)N1CC(F)(F)C1. The smallest absolute Gasteiger partial charge is 0.311 e. The summed E-state index contributed by atoms with van der Waals surface area (Å²) in [6.45, 7) is -1.27. The lowest BCUT2D eigenvalue weighted by Crippen LogP contribution is -2.61. The molecule has 0 radical (unpaired) electrons. The molecule has 0 aromatic heterocycles. The predicted molar refractivity (Wildman–Crippen MR) is 55.7 cm³/mol. The molecule has 1 saturated heterocycles. The highest BCUT2D eigenvalue weighted by molar-refractivity contribution is 5.74. The van der Waals surface area contributed by atoms with Crippen LogP contribution in [0.1, 0.15) is 5.56 Å². The monoisotopic (exact) mass is 242 g/mol. The number of urea groups is 1. The molecule has 17 heavy (non-hydrogen) atoms. The molecule has 1 fully saturated rings. The Labute approximate surface area is 97.0 Å². The van der Waals surface area contributed by atoms with Crippen molar-refractivity contribution < 1.29 is 18.8 Å². The molecule has 1 aromatic carbocycles. The van der Waals surface area contributed by atoms with Gasteiger partial charge in [-0.05, 0) is 5.56 Å². The number of amides is 2. The maximum Gasteiger partial charge on any atom is 0.344 e. The van der Waals surface area contributed by atoms with E-state index in [2.05, 4.69) is 0 Å². The molecule has 0 bridgehead atoms. The van der Waals surface area contributed by atoms with E-state index >= 15 is 0 Å². The molecule has 1 N–H and O–H groups in total. The zero-order chi connectivity index (χ0) is 12.5. The average molecular weight is 242 g/mol. The molecule has 0 atom stereocenters. The quantitative estimate of drug-likeness (QED) is 0.636. The van der Waals surface area contributed by atoms with E-state index in [1.54, 1.807) is 24.3 Å². The number of nitrogens with zero attached hydrogens (tertiary/aromatic N) is 2. The van der Waals surface area contributed by atoms with E-state index in [9.17, 15) is 18.8 Å². The second-order valence-corrected chi connectivity index (χ2v) is 4.04. The Kier molecular flexibility index (Phi) is 2.97. The summed E-state index contributed by atoms with van der Waals surface area (Å²) < 4.78 is 25.1. The normalized spacial score (nSPS) is 17.5.